The van der Waals surface area contributed by atoms with Crippen LogP contribution in [0.5, 0.6) is 5.75 Å². The fourth-order valence-electron chi connectivity index (χ4n) is 4.11. The van der Waals surface area contributed by atoms with E-state index in [9.17, 15) is 4.79 Å². The summed E-state index contributed by atoms with van der Waals surface area (Å²) in [5, 5.41) is 3.06. The highest BCUT2D eigenvalue weighted by molar-refractivity contribution is 5.86. The smallest absolute Gasteiger partial charge is 0.228 e. The molecule has 2 saturated heterocycles. The Hall–Kier alpha value is -2.47. The average Bonchev–Trinajstić information content (AvgIpc) is 3.20. The van der Waals surface area contributed by atoms with Gasteiger partial charge in [-0.3, -0.25) is 19.7 Å². The van der Waals surface area contributed by atoms with Gasteiger partial charge in [0.25, 0.3) is 0 Å². The normalized spacial score (nSPS) is 25.6. The standard InChI is InChI=1S/C20H24N4O2/c1-15-4-2-5-17(23-15)12-24-9-7-20(14-24)16(10-22-19(20)25)13-26-18-6-3-8-21-11-18/h2-6,8,11,16H,7,9-10,12-14H2,1H3,(H,22,25)/t16-,20+/m0/s1. The van der Waals surface area contributed by atoms with Crippen LogP contribution in [0.4, 0.5) is 0 Å². The minimum absolute atomic E-state index is 0.164. The molecule has 1 amide bonds. The maximum absolute atomic E-state index is 12.7. The van der Waals surface area contributed by atoms with Crippen molar-refractivity contribution >= 4 is 5.91 Å². The number of hydrogen-bond donors (Lipinski definition) is 1. The van der Waals surface area contributed by atoms with Crippen molar-refractivity contribution in [2.24, 2.45) is 11.3 Å². The number of nitrogens with zero attached hydrogens (tertiary/aromatic N) is 3. The van der Waals surface area contributed by atoms with E-state index in [-0.39, 0.29) is 17.2 Å². The molecule has 6 heteroatoms. The Labute approximate surface area is 153 Å². The van der Waals surface area contributed by atoms with Gasteiger partial charge in [0.1, 0.15) is 5.75 Å². The van der Waals surface area contributed by atoms with Gasteiger partial charge in [-0.25, -0.2) is 0 Å². The molecule has 2 atom stereocenters. The molecule has 4 rings (SSSR count). The maximum atomic E-state index is 12.7. The van der Waals surface area contributed by atoms with Crippen LogP contribution in [0, 0.1) is 18.3 Å². The summed E-state index contributed by atoms with van der Waals surface area (Å²) in [7, 11) is 0. The summed E-state index contributed by atoms with van der Waals surface area (Å²) in [4.78, 5) is 23.7. The van der Waals surface area contributed by atoms with Crippen molar-refractivity contribution < 1.29 is 9.53 Å². The summed E-state index contributed by atoms with van der Waals surface area (Å²) in [6.07, 6.45) is 4.30. The lowest BCUT2D eigenvalue weighted by Gasteiger charge is -2.28. The monoisotopic (exact) mass is 352 g/mol. The van der Waals surface area contributed by atoms with Gasteiger partial charge < -0.3 is 10.1 Å². The molecule has 0 bridgehead atoms. The fourth-order valence-corrected chi connectivity index (χ4v) is 4.11. The number of likely N-dealkylation sites (tertiary alicyclic amines) is 1. The molecule has 136 valence electrons. The number of aryl methyl sites for hydroxylation is 1. The van der Waals surface area contributed by atoms with Crippen LogP contribution in [0.2, 0.25) is 0 Å². The van der Waals surface area contributed by atoms with Crippen LogP contribution in [0.3, 0.4) is 0 Å². The molecule has 0 aliphatic carbocycles. The molecule has 2 fully saturated rings. The van der Waals surface area contributed by atoms with Crippen LogP contribution >= 0.6 is 0 Å². The molecule has 2 aromatic heterocycles. The van der Waals surface area contributed by atoms with Crippen LogP contribution in [0.25, 0.3) is 0 Å². The van der Waals surface area contributed by atoms with E-state index in [0.29, 0.717) is 13.2 Å². The Morgan fingerprint density at radius 3 is 3.08 bits per heavy atom. The molecular formula is C20H24N4O2. The highest BCUT2D eigenvalue weighted by Crippen LogP contribution is 2.42. The van der Waals surface area contributed by atoms with E-state index < -0.39 is 0 Å². The Balaban J connectivity index is 1.43. The van der Waals surface area contributed by atoms with Crippen molar-refractivity contribution in [3.05, 3.63) is 54.1 Å². The van der Waals surface area contributed by atoms with Gasteiger partial charge in [-0.15, -0.1) is 0 Å². The molecule has 4 heterocycles. The summed E-state index contributed by atoms with van der Waals surface area (Å²) >= 11 is 0. The van der Waals surface area contributed by atoms with Crippen molar-refractivity contribution in [3.63, 3.8) is 0 Å². The second-order valence-corrected chi connectivity index (χ2v) is 7.29. The van der Waals surface area contributed by atoms with Crippen molar-refractivity contribution in [2.75, 3.05) is 26.2 Å². The summed E-state index contributed by atoms with van der Waals surface area (Å²) in [6, 6.07) is 9.85. The molecule has 1 N–H and O–H groups in total. The Bertz CT molecular complexity index is 782. The predicted molar refractivity (Wildman–Crippen MR) is 97.5 cm³/mol. The first-order chi connectivity index (χ1) is 12.7. The van der Waals surface area contributed by atoms with Crippen molar-refractivity contribution in [3.8, 4) is 5.75 Å². The largest absolute Gasteiger partial charge is 0.492 e. The zero-order valence-electron chi connectivity index (χ0n) is 15.0. The van der Waals surface area contributed by atoms with Gasteiger partial charge in [-0.05, 0) is 44.2 Å². The van der Waals surface area contributed by atoms with Crippen LogP contribution in [-0.2, 0) is 11.3 Å². The topological polar surface area (TPSA) is 67.4 Å². The number of pyridine rings is 2. The minimum Gasteiger partial charge on any atom is -0.492 e. The Morgan fingerprint density at radius 2 is 2.27 bits per heavy atom. The van der Waals surface area contributed by atoms with Crippen molar-refractivity contribution in [1.29, 1.82) is 0 Å². The SMILES string of the molecule is Cc1cccc(CN2CC[C@]3(C2)C(=O)NC[C@H]3COc2cccnc2)n1. The van der Waals surface area contributed by atoms with E-state index in [1.54, 1.807) is 12.4 Å². The summed E-state index contributed by atoms with van der Waals surface area (Å²) in [6.45, 7) is 5.66. The van der Waals surface area contributed by atoms with Gasteiger partial charge in [0, 0.05) is 37.4 Å². The van der Waals surface area contributed by atoms with Crippen LogP contribution in [0.15, 0.2) is 42.7 Å². The summed E-state index contributed by atoms with van der Waals surface area (Å²) in [5.74, 6) is 1.09. The number of carbonyl (C=O) groups is 1. The lowest BCUT2D eigenvalue weighted by atomic mass is 9.77. The quantitative estimate of drug-likeness (QED) is 0.889. The lowest BCUT2D eigenvalue weighted by molar-refractivity contribution is -0.128. The van der Waals surface area contributed by atoms with E-state index in [0.717, 1.165) is 43.2 Å². The average molecular weight is 352 g/mol. The third-order valence-electron chi connectivity index (χ3n) is 5.54. The zero-order valence-corrected chi connectivity index (χ0v) is 15.0. The van der Waals surface area contributed by atoms with Crippen LogP contribution in [0.1, 0.15) is 17.8 Å². The first-order valence-corrected chi connectivity index (χ1v) is 9.12. The molecule has 0 unspecified atom stereocenters. The van der Waals surface area contributed by atoms with Crippen molar-refractivity contribution in [2.45, 2.75) is 19.9 Å². The van der Waals surface area contributed by atoms with Gasteiger partial charge in [-0.1, -0.05) is 6.07 Å². The van der Waals surface area contributed by atoms with Crippen LogP contribution in [-0.4, -0.2) is 47.0 Å². The highest BCUT2D eigenvalue weighted by Gasteiger charge is 2.54. The van der Waals surface area contributed by atoms with Gasteiger partial charge in [-0.2, -0.15) is 0 Å². The number of nitrogens with one attached hydrogen (secondary N) is 1. The van der Waals surface area contributed by atoms with E-state index in [2.05, 4.69) is 26.3 Å². The summed E-state index contributed by atoms with van der Waals surface area (Å²) in [5.41, 5.74) is 1.73. The number of aromatic nitrogens is 2. The van der Waals surface area contributed by atoms with Crippen molar-refractivity contribution in [1.82, 2.24) is 20.2 Å². The molecule has 2 aromatic rings. The molecule has 2 aliphatic rings. The second-order valence-electron chi connectivity index (χ2n) is 7.29. The first-order valence-electron chi connectivity index (χ1n) is 9.12. The molecule has 0 aromatic carbocycles. The molecule has 6 nitrogen and oxygen atoms in total. The van der Waals surface area contributed by atoms with E-state index in [1.807, 2.05) is 31.2 Å². The predicted octanol–water partition coefficient (Wildman–Crippen LogP) is 1.80. The molecule has 0 radical (unpaired) electrons. The second kappa shape index (κ2) is 7.03. The van der Waals surface area contributed by atoms with Gasteiger partial charge in [0.05, 0.1) is 23.9 Å². The van der Waals surface area contributed by atoms with Gasteiger partial charge in [0.15, 0.2) is 0 Å². The first kappa shape index (κ1) is 17.0. The fraction of sp³-hybridized carbons (Fsp3) is 0.450. The highest BCUT2D eigenvalue weighted by atomic mass is 16.5. The Kier molecular flexibility index (Phi) is 4.59. The van der Waals surface area contributed by atoms with E-state index >= 15 is 0 Å². The number of rotatable bonds is 5. The number of carbonyl (C=O) groups excluding carboxylic acids is 1. The molecule has 1 spiro atoms. The zero-order chi connectivity index (χ0) is 18.0. The van der Waals surface area contributed by atoms with Gasteiger partial charge in [0.2, 0.25) is 5.91 Å². The maximum Gasteiger partial charge on any atom is 0.228 e. The summed E-state index contributed by atoms with van der Waals surface area (Å²) < 4.78 is 5.91. The molecule has 0 saturated carbocycles. The van der Waals surface area contributed by atoms with E-state index in [1.165, 1.54) is 0 Å². The Morgan fingerprint density at radius 1 is 1.35 bits per heavy atom. The third-order valence-corrected chi connectivity index (χ3v) is 5.54. The number of amides is 1. The molecule has 2 aliphatic heterocycles. The van der Waals surface area contributed by atoms with Crippen LogP contribution < -0.4 is 10.1 Å². The molecular weight excluding hydrogens is 328 g/mol. The number of hydrogen-bond acceptors (Lipinski definition) is 5. The minimum atomic E-state index is -0.355. The van der Waals surface area contributed by atoms with E-state index in [4.69, 9.17) is 4.74 Å². The molecule has 26 heavy (non-hydrogen) atoms. The third kappa shape index (κ3) is 3.29. The van der Waals surface area contributed by atoms with Gasteiger partial charge >= 0.3 is 0 Å². The number of ether oxygens (including phenoxy) is 1. The lowest BCUT2D eigenvalue weighted by Crippen LogP contribution is -2.40.